The van der Waals surface area contributed by atoms with Crippen molar-refractivity contribution in [3.8, 4) is 5.75 Å². The quantitative estimate of drug-likeness (QED) is 0.797. The van der Waals surface area contributed by atoms with E-state index < -0.39 is 18.0 Å². The number of Topliss-reactive ketones (excluding diaryl/α,β-unsaturated/α-hetero) is 1. The molecule has 0 saturated carbocycles. The highest BCUT2D eigenvalue weighted by Crippen LogP contribution is 2.27. The molecule has 24 heavy (non-hydrogen) atoms. The number of carbonyl (C=O) groups excluding carboxylic acids is 2. The number of rotatable bonds is 6. The zero-order valence-corrected chi connectivity index (χ0v) is 13.4. The topological polar surface area (TPSA) is 46.6 Å². The Morgan fingerprint density at radius 3 is 2.50 bits per heavy atom. The number of carbonyl (C=O) groups is 2. The monoisotopic (exact) mass is 343 g/mol. The van der Waals surface area contributed by atoms with Crippen LogP contribution in [-0.4, -0.2) is 42.5 Å². The first-order chi connectivity index (χ1) is 11.3. The standard InChI is InChI=1S/C17H20F3NO3/c1-24-13-9-7-12(8-10-13)4-2-6-15(22)21-11-3-5-14(21)16(23)17(18,19)20/h7-10,14H,2-6,11H2,1H3. The molecule has 1 fully saturated rings. The van der Waals surface area contributed by atoms with Gasteiger partial charge in [-0.05, 0) is 43.4 Å². The third kappa shape index (κ3) is 4.49. The highest BCUT2D eigenvalue weighted by atomic mass is 19.4. The average Bonchev–Trinajstić information content (AvgIpc) is 3.03. The van der Waals surface area contributed by atoms with Crippen LogP contribution in [0.5, 0.6) is 5.75 Å². The Bertz CT molecular complexity index is 584. The van der Waals surface area contributed by atoms with E-state index in [1.807, 2.05) is 24.3 Å². The van der Waals surface area contributed by atoms with Crippen LogP contribution < -0.4 is 4.74 Å². The summed E-state index contributed by atoms with van der Waals surface area (Å²) in [5, 5.41) is 0. The first-order valence-corrected chi connectivity index (χ1v) is 7.86. The zero-order chi connectivity index (χ0) is 17.7. The molecule has 0 spiro atoms. The molecule has 7 heteroatoms. The lowest BCUT2D eigenvalue weighted by Crippen LogP contribution is -2.45. The van der Waals surface area contributed by atoms with Crippen molar-refractivity contribution in [1.82, 2.24) is 4.90 Å². The summed E-state index contributed by atoms with van der Waals surface area (Å²) in [4.78, 5) is 24.7. The average molecular weight is 343 g/mol. The maximum atomic E-state index is 12.6. The highest BCUT2D eigenvalue weighted by Gasteiger charge is 2.47. The van der Waals surface area contributed by atoms with E-state index in [-0.39, 0.29) is 25.3 Å². The van der Waals surface area contributed by atoms with E-state index in [2.05, 4.69) is 0 Å². The fourth-order valence-electron chi connectivity index (χ4n) is 2.91. The first-order valence-electron chi connectivity index (χ1n) is 7.86. The summed E-state index contributed by atoms with van der Waals surface area (Å²) in [5.41, 5.74) is 1.02. The number of ether oxygens (including phenoxy) is 1. The molecule has 1 aromatic rings. The van der Waals surface area contributed by atoms with E-state index >= 15 is 0 Å². The maximum Gasteiger partial charge on any atom is 0.452 e. The lowest BCUT2D eigenvalue weighted by Gasteiger charge is -2.24. The number of alkyl halides is 3. The third-order valence-electron chi connectivity index (χ3n) is 4.17. The van der Waals surface area contributed by atoms with Crippen molar-refractivity contribution in [3.05, 3.63) is 29.8 Å². The summed E-state index contributed by atoms with van der Waals surface area (Å²) in [6.45, 7) is 0.216. The molecule has 1 aliphatic heterocycles. The van der Waals surface area contributed by atoms with Gasteiger partial charge in [-0.3, -0.25) is 9.59 Å². The van der Waals surface area contributed by atoms with Crippen LogP contribution in [0.2, 0.25) is 0 Å². The number of benzene rings is 1. The van der Waals surface area contributed by atoms with Gasteiger partial charge in [-0.25, -0.2) is 0 Å². The van der Waals surface area contributed by atoms with Crippen LogP contribution in [0.4, 0.5) is 13.2 Å². The Morgan fingerprint density at radius 2 is 1.92 bits per heavy atom. The van der Waals surface area contributed by atoms with Gasteiger partial charge in [0.1, 0.15) is 5.75 Å². The number of aryl methyl sites for hydroxylation is 1. The second kappa shape index (κ2) is 7.68. The molecule has 0 aromatic heterocycles. The molecule has 0 N–H and O–H groups in total. The van der Waals surface area contributed by atoms with Crippen LogP contribution in [-0.2, 0) is 16.0 Å². The predicted octanol–water partition coefficient (Wildman–Crippen LogP) is 3.14. The van der Waals surface area contributed by atoms with Crippen molar-refractivity contribution >= 4 is 11.7 Å². The van der Waals surface area contributed by atoms with Gasteiger partial charge in [-0.15, -0.1) is 0 Å². The minimum absolute atomic E-state index is 0.0859. The molecular formula is C17H20F3NO3. The second-order valence-electron chi connectivity index (χ2n) is 5.81. The molecule has 0 aliphatic carbocycles. The van der Waals surface area contributed by atoms with Crippen molar-refractivity contribution in [2.24, 2.45) is 0 Å². The van der Waals surface area contributed by atoms with Gasteiger partial charge in [-0.1, -0.05) is 12.1 Å². The lowest BCUT2D eigenvalue weighted by molar-refractivity contribution is -0.176. The van der Waals surface area contributed by atoms with Crippen LogP contribution in [0, 0.1) is 0 Å². The van der Waals surface area contributed by atoms with Crippen molar-refractivity contribution in [3.63, 3.8) is 0 Å². The van der Waals surface area contributed by atoms with Crippen LogP contribution in [0.15, 0.2) is 24.3 Å². The molecule has 1 aliphatic rings. The fourth-order valence-corrected chi connectivity index (χ4v) is 2.91. The number of ketones is 1. The number of hydrogen-bond acceptors (Lipinski definition) is 3. The predicted molar refractivity (Wildman–Crippen MR) is 81.7 cm³/mol. The van der Waals surface area contributed by atoms with E-state index in [0.29, 0.717) is 19.3 Å². The summed E-state index contributed by atoms with van der Waals surface area (Å²) < 4.78 is 42.8. The smallest absolute Gasteiger partial charge is 0.452 e. The van der Waals surface area contributed by atoms with Crippen molar-refractivity contribution in [1.29, 1.82) is 0 Å². The number of halogens is 3. The molecule has 1 atom stereocenters. The molecule has 2 rings (SSSR count). The summed E-state index contributed by atoms with van der Waals surface area (Å²) >= 11 is 0. The molecule has 1 heterocycles. The van der Waals surface area contributed by atoms with Crippen LogP contribution in [0.1, 0.15) is 31.2 Å². The van der Waals surface area contributed by atoms with Crippen LogP contribution in [0.3, 0.4) is 0 Å². The van der Waals surface area contributed by atoms with E-state index in [4.69, 9.17) is 4.74 Å². The van der Waals surface area contributed by atoms with Crippen LogP contribution >= 0.6 is 0 Å². The van der Waals surface area contributed by atoms with Gasteiger partial charge in [0.15, 0.2) is 0 Å². The van der Waals surface area contributed by atoms with E-state index in [1.54, 1.807) is 7.11 Å². The van der Waals surface area contributed by atoms with Crippen molar-refractivity contribution < 1.29 is 27.5 Å². The largest absolute Gasteiger partial charge is 0.497 e. The van der Waals surface area contributed by atoms with E-state index in [9.17, 15) is 22.8 Å². The Balaban J connectivity index is 1.86. The van der Waals surface area contributed by atoms with Crippen LogP contribution in [0.25, 0.3) is 0 Å². The van der Waals surface area contributed by atoms with Gasteiger partial charge in [0.25, 0.3) is 5.78 Å². The Kier molecular flexibility index (Phi) is 5.85. The van der Waals surface area contributed by atoms with Gasteiger partial charge in [0.05, 0.1) is 13.2 Å². The highest BCUT2D eigenvalue weighted by molar-refractivity contribution is 5.93. The minimum atomic E-state index is -4.89. The van der Waals surface area contributed by atoms with E-state index in [1.165, 1.54) is 0 Å². The fraction of sp³-hybridized carbons (Fsp3) is 0.529. The molecule has 4 nitrogen and oxygen atoms in total. The number of hydrogen-bond donors (Lipinski definition) is 0. The van der Waals surface area contributed by atoms with Gasteiger partial charge in [0.2, 0.25) is 5.91 Å². The molecule has 0 radical (unpaired) electrons. The summed E-state index contributed by atoms with van der Waals surface area (Å²) in [6, 6.07) is 6.05. The van der Waals surface area contributed by atoms with Gasteiger partial charge < -0.3 is 9.64 Å². The molecule has 1 saturated heterocycles. The normalized spacial score (nSPS) is 17.8. The Hall–Kier alpha value is -2.05. The van der Waals surface area contributed by atoms with E-state index in [0.717, 1.165) is 16.2 Å². The van der Waals surface area contributed by atoms with Gasteiger partial charge in [-0.2, -0.15) is 13.2 Å². The van der Waals surface area contributed by atoms with Gasteiger partial charge in [0, 0.05) is 13.0 Å². The van der Waals surface area contributed by atoms with Crippen molar-refractivity contribution in [2.45, 2.75) is 44.3 Å². The minimum Gasteiger partial charge on any atom is -0.497 e. The number of likely N-dealkylation sites (tertiary alicyclic amines) is 1. The number of nitrogens with zero attached hydrogens (tertiary/aromatic N) is 1. The molecule has 1 amide bonds. The SMILES string of the molecule is COc1ccc(CCCC(=O)N2CCCC2C(=O)C(F)(F)F)cc1. The Labute approximate surface area is 138 Å². The molecule has 132 valence electrons. The summed E-state index contributed by atoms with van der Waals surface area (Å²) in [5.74, 6) is -1.47. The van der Waals surface area contributed by atoms with Gasteiger partial charge >= 0.3 is 6.18 Å². The molecular weight excluding hydrogens is 323 g/mol. The maximum absolute atomic E-state index is 12.6. The Morgan fingerprint density at radius 1 is 1.25 bits per heavy atom. The lowest BCUT2D eigenvalue weighted by atomic mass is 10.1. The molecule has 1 aromatic carbocycles. The number of methoxy groups -OCH3 is 1. The van der Waals surface area contributed by atoms with Crippen molar-refractivity contribution in [2.75, 3.05) is 13.7 Å². The first kappa shape index (κ1) is 18.3. The second-order valence-corrected chi connectivity index (χ2v) is 5.81. The zero-order valence-electron chi connectivity index (χ0n) is 13.4. The summed E-state index contributed by atoms with van der Waals surface area (Å²) in [7, 11) is 1.57. The molecule has 0 bridgehead atoms. The summed E-state index contributed by atoms with van der Waals surface area (Å²) in [6.07, 6.45) is -3.08. The molecule has 1 unspecified atom stereocenters. The third-order valence-corrected chi connectivity index (χ3v) is 4.17. The number of amides is 1.